The highest BCUT2D eigenvalue weighted by Gasteiger charge is 2.31. The Morgan fingerprint density at radius 1 is 0.938 bits per heavy atom. The maximum absolute atomic E-state index is 13.0. The second-order valence-electron chi connectivity index (χ2n) is 8.27. The smallest absolute Gasteiger partial charge is 0.368 e. The summed E-state index contributed by atoms with van der Waals surface area (Å²) in [6, 6.07) is 10.4. The largest absolute Gasteiger partial charge is 0.416 e. The first-order valence-electron chi connectivity index (χ1n) is 10.7. The summed E-state index contributed by atoms with van der Waals surface area (Å²) in [7, 11) is -3.55. The van der Waals surface area contributed by atoms with Gasteiger partial charge in [0.15, 0.2) is 9.84 Å². The molecule has 0 spiro atoms. The zero-order valence-corrected chi connectivity index (χ0v) is 18.4. The maximum atomic E-state index is 13.0. The van der Waals surface area contributed by atoms with E-state index in [2.05, 4.69) is 0 Å². The topological polar surface area (TPSA) is 57.7 Å². The van der Waals surface area contributed by atoms with Crippen molar-refractivity contribution in [2.75, 3.05) is 36.8 Å². The number of aryl methyl sites for hydroxylation is 2. The molecular weight excluding hydrogens is 441 g/mol. The van der Waals surface area contributed by atoms with Gasteiger partial charge in [-0.05, 0) is 60.7 Å². The Morgan fingerprint density at radius 2 is 1.66 bits per heavy atom. The second kappa shape index (κ2) is 8.77. The van der Waals surface area contributed by atoms with Crippen molar-refractivity contribution in [3.8, 4) is 0 Å². The fourth-order valence-electron chi connectivity index (χ4n) is 4.33. The lowest BCUT2D eigenvalue weighted by molar-refractivity contribution is -0.137. The molecule has 1 aliphatic carbocycles. The Kier molecular flexibility index (Phi) is 6.20. The van der Waals surface area contributed by atoms with Crippen LogP contribution in [0.1, 0.15) is 29.5 Å². The predicted molar refractivity (Wildman–Crippen MR) is 115 cm³/mol. The van der Waals surface area contributed by atoms with Crippen LogP contribution in [0, 0.1) is 0 Å². The zero-order valence-electron chi connectivity index (χ0n) is 17.6. The van der Waals surface area contributed by atoms with Gasteiger partial charge in [0, 0.05) is 38.3 Å². The fraction of sp³-hybridized carbons (Fsp3) is 0.435. The number of fused-ring (bicyclic) bond motifs is 1. The molecule has 1 fully saturated rings. The maximum Gasteiger partial charge on any atom is 0.416 e. The number of hydrogen-bond donors (Lipinski definition) is 0. The molecule has 9 heteroatoms. The first-order valence-corrected chi connectivity index (χ1v) is 12.3. The van der Waals surface area contributed by atoms with Crippen molar-refractivity contribution in [2.45, 2.75) is 36.8 Å². The molecule has 0 radical (unpaired) electrons. The third-order valence-corrected chi connectivity index (χ3v) is 7.90. The van der Waals surface area contributed by atoms with Gasteiger partial charge < -0.3 is 9.80 Å². The van der Waals surface area contributed by atoms with E-state index in [1.807, 2.05) is 6.07 Å². The van der Waals surface area contributed by atoms with Gasteiger partial charge in [-0.1, -0.05) is 12.1 Å². The van der Waals surface area contributed by atoms with Gasteiger partial charge in [-0.15, -0.1) is 0 Å². The van der Waals surface area contributed by atoms with Crippen LogP contribution >= 0.6 is 0 Å². The fourth-order valence-corrected chi connectivity index (χ4v) is 5.61. The number of carbonyl (C=O) groups excluding carboxylic acids is 1. The number of carbonyl (C=O) groups is 1. The molecule has 32 heavy (non-hydrogen) atoms. The third-order valence-electron chi connectivity index (χ3n) is 6.18. The number of sulfone groups is 1. The molecule has 0 atom stereocenters. The van der Waals surface area contributed by atoms with Crippen molar-refractivity contribution in [1.29, 1.82) is 0 Å². The zero-order chi connectivity index (χ0) is 22.9. The van der Waals surface area contributed by atoms with Crippen molar-refractivity contribution in [2.24, 2.45) is 0 Å². The Labute approximate surface area is 185 Å². The van der Waals surface area contributed by atoms with E-state index in [9.17, 15) is 26.4 Å². The standard InChI is InChI=1S/C23H25F3N2O3S/c24-23(25,26)19-5-2-6-20(16-19)27-10-12-28(13-11-27)22(29)9-14-32(30,31)21-8-7-17-3-1-4-18(17)15-21/h2,5-8,15-16H,1,3-4,9-14H2. The van der Waals surface area contributed by atoms with Crippen LogP contribution in [0.4, 0.5) is 18.9 Å². The summed E-state index contributed by atoms with van der Waals surface area (Å²) in [5, 5.41) is 0. The van der Waals surface area contributed by atoms with E-state index in [1.165, 1.54) is 11.6 Å². The Morgan fingerprint density at radius 3 is 2.38 bits per heavy atom. The summed E-state index contributed by atoms with van der Waals surface area (Å²) in [6.45, 7) is 1.47. The molecule has 5 nitrogen and oxygen atoms in total. The quantitative estimate of drug-likeness (QED) is 0.674. The number of benzene rings is 2. The number of halogens is 3. The van der Waals surface area contributed by atoms with E-state index < -0.39 is 21.6 Å². The van der Waals surface area contributed by atoms with Gasteiger partial charge in [0.05, 0.1) is 16.2 Å². The van der Waals surface area contributed by atoms with Gasteiger partial charge in [-0.25, -0.2) is 8.42 Å². The predicted octanol–water partition coefficient (Wildman–Crippen LogP) is 3.71. The number of rotatable bonds is 5. The van der Waals surface area contributed by atoms with E-state index in [-0.39, 0.29) is 23.0 Å². The van der Waals surface area contributed by atoms with Gasteiger partial charge in [-0.3, -0.25) is 4.79 Å². The van der Waals surface area contributed by atoms with Gasteiger partial charge >= 0.3 is 6.18 Å². The molecule has 2 aromatic carbocycles. The molecule has 0 N–H and O–H groups in total. The summed E-state index contributed by atoms with van der Waals surface area (Å²) >= 11 is 0. The molecule has 1 amide bonds. The van der Waals surface area contributed by atoms with Crippen molar-refractivity contribution in [1.82, 2.24) is 4.90 Å². The van der Waals surface area contributed by atoms with E-state index in [0.29, 0.717) is 31.9 Å². The molecule has 0 unspecified atom stereocenters. The van der Waals surface area contributed by atoms with Crippen LogP contribution in [-0.2, 0) is 33.6 Å². The molecule has 1 saturated heterocycles. The van der Waals surface area contributed by atoms with Crippen molar-refractivity contribution in [3.05, 3.63) is 59.2 Å². The minimum Gasteiger partial charge on any atom is -0.368 e. The highest BCUT2D eigenvalue weighted by molar-refractivity contribution is 7.91. The van der Waals surface area contributed by atoms with Gasteiger partial charge in [0.1, 0.15) is 0 Å². The summed E-state index contributed by atoms with van der Waals surface area (Å²) in [6.07, 6.45) is -1.63. The van der Waals surface area contributed by atoms with Gasteiger partial charge in [-0.2, -0.15) is 13.2 Å². The van der Waals surface area contributed by atoms with E-state index in [0.717, 1.165) is 37.0 Å². The lowest BCUT2D eigenvalue weighted by atomic mass is 10.1. The van der Waals surface area contributed by atoms with E-state index >= 15 is 0 Å². The van der Waals surface area contributed by atoms with E-state index in [1.54, 1.807) is 28.0 Å². The average molecular weight is 467 g/mol. The summed E-state index contributed by atoms with van der Waals surface area (Å²) < 4.78 is 64.3. The number of alkyl halides is 3. The van der Waals surface area contributed by atoms with Crippen LogP contribution in [0.3, 0.4) is 0 Å². The monoisotopic (exact) mass is 466 g/mol. The number of amides is 1. The van der Waals surface area contributed by atoms with Gasteiger partial charge in [0.2, 0.25) is 5.91 Å². The molecule has 0 aromatic heterocycles. The SMILES string of the molecule is O=C(CCS(=O)(=O)c1ccc2c(c1)CCC2)N1CCN(c2cccc(C(F)(F)F)c2)CC1. The van der Waals surface area contributed by atoms with Crippen molar-refractivity contribution >= 4 is 21.4 Å². The molecular formula is C23H25F3N2O3S. The summed E-state index contributed by atoms with van der Waals surface area (Å²) in [4.78, 5) is 16.2. The second-order valence-corrected chi connectivity index (χ2v) is 10.4. The highest BCUT2D eigenvalue weighted by Crippen LogP contribution is 2.32. The Hall–Kier alpha value is -2.55. The molecule has 1 aliphatic heterocycles. The summed E-state index contributed by atoms with van der Waals surface area (Å²) in [5.41, 5.74) is 2.03. The first kappa shape index (κ1) is 22.6. The number of piperazine rings is 1. The molecule has 0 saturated carbocycles. The van der Waals surface area contributed by atoms with Crippen LogP contribution in [0.2, 0.25) is 0 Å². The molecule has 1 heterocycles. The van der Waals surface area contributed by atoms with Crippen LogP contribution in [0.15, 0.2) is 47.4 Å². The molecule has 2 aromatic rings. The Bertz CT molecular complexity index is 1110. The van der Waals surface area contributed by atoms with Crippen molar-refractivity contribution in [3.63, 3.8) is 0 Å². The van der Waals surface area contributed by atoms with E-state index in [4.69, 9.17) is 0 Å². The highest BCUT2D eigenvalue weighted by atomic mass is 32.2. The van der Waals surface area contributed by atoms with Gasteiger partial charge in [0.25, 0.3) is 0 Å². The van der Waals surface area contributed by atoms with Crippen LogP contribution in [0.25, 0.3) is 0 Å². The normalized spacial score (nSPS) is 16.8. The number of hydrogen-bond acceptors (Lipinski definition) is 4. The lowest BCUT2D eigenvalue weighted by Gasteiger charge is -2.36. The molecule has 2 aliphatic rings. The first-order chi connectivity index (χ1) is 15.1. The van der Waals surface area contributed by atoms with Crippen LogP contribution in [0.5, 0.6) is 0 Å². The van der Waals surface area contributed by atoms with Crippen molar-refractivity contribution < 1.29 is 26.4 Å². The molecule has 172 valence electrons. The minimum atomic E-state index is -4.40. The number of nitrogens with zero attached hydrogens (tertiary/aromatic N) is 2. The Balaban J connectivity index is 1.32. The van der Waals surface area contributed by atoms with Crippen LogP contribution in [-0.4, -0.2) is 51.2 Å². The lowest BCUT2D eigenvalue weighted by Crippen LogP contribution is -2.49. The minimum absolute atomic E-state index is 0.108. The molecule has 4 rings (SSSR count). The van der Waals surface area contributed by atoms with Crippen LogP contribution < -0.4 is 4.90 Å². The average Bonchev–Trinajstić information content (AvgIpc) is 3.25. The number of anilines is 1. The third kappa shape index (κ3) is 4.92. The summed E-state index contributed by atoms with van der Waals surface area (Å²) in [5.74, 6) is -0.503. The molecule has 0 bridgehead atoms.